The van der Waals surface area contributed by atoms with E-state index in [1.165, 1.54) is 0 Å². The number of phenolic OH excluding ortho intramolecular Hbond substituents is 1. The molecule has 12 heavy (non-hydrogen) atoms. The molecule has 0 aromatic heterocycles. The van der Waals surface area contributed by atoms with Crippen LogP contribution in [0.25, 0.3) is 0 Å². The molecule has 3 N–H and O–H groups in total. The lowest BCUT2D eigenvalue weighted by molar-refractivity contribution is 0.141. The Morgan fingerprint density at radius 3 is 2.83 bits per heavy atom. The first kappa shape index (κ1) is 9.51. The molecule has 0 radical (unpaired) electrons. The predicted molar refractivity (Wildman–Crippen MR) is 49.7 cm³/mol. The lowest BCUT2D eigenvalue weighted by atomic mass is 10.1. The number of hydrogen-bond donors (Lipinski definition) is 2. The van der Waals surface area contributed by atoms with Gasteiger partial charge in [0.1, 0.15) is 5.75 Å². The van der Waals surface area contributed by atoms with Gasteiger partial charge in [0, 0.05) is 10.9 Å². The zero-order valence-electron chi connectivity index (χ0n) is 6.46. The normalized spacial score (nSPS) is 10.2. The summed E-state index contributed by atoms with van der Waals surface area (Å²) in [5.74, 6) is 5.13. The Morgan fingerprint density at radius 1 is 1.50 bits per heavy atom. The molecule has 1 aromatic carbocycles. The Bertz CT molecular complexity index is 265. The SMILES string of the molecule is NOCCc1ccc(Br)cc1O. The predicted octanol–water partition coefficient (Wildman–Crippen LogP) is 1.59. The molecule has 0 heterocycles. The highest BCUT2D eigenvalue weighted by Gasteiger charge is 2.00. The third-order valence-corrected chi connectivity index (χ3v) is 2.03. The Morgan fingerprint density at radius 2 is 2.25 bits per heavy atom. The lowest BCUT2D eigenvalue weighted by Crippen LogP contribution is -2.03. The average molecular weight is 232 g/mol. The minimum atomic E-state index is 0.265. The molecule has 0 saturated carbocycles. The smallest absolute Gasteiger partial charge is 0.119 e. The summed E-state index contributed by atoms with van der Waals surface area (Å²) < 4.78 is 0.859. The van der Waals surface area contributed by atoms with E-state index in [1.807, 2.05) is 12.1 Å². The number of benzene rings is 1. The van der Waals surface area contributed by atoms with Gasteiger partial charge in [-0.25, -0.2) is 5.90 Å². The van der Waals surface area contributed by atoms with Crippen LogP contribution in [0.2, 0.25) is 0 Å². The number of phenols is 1. The van der Waals surface area contributed by atoms with E-state index in [1.54, 1.807) is 6.07 Å². The van der Waals surface area contributed by atoms with Crippen molar-refractivity contribution in [3.63, 3.8) is 0 Å². The van der Waals surface area contributed by atoms with Gasteiger partial charge in [-0.05, 0) is 17.7 Å². The molecule has 0 bridgehead atoms. The van der Waals surface area contributed by atoms with E-state index in [0.717, 1.165) is 10.0 Å². The maximum atomic E-state index is 9.39. The van der Waals surface area contributed by atoms with Crippen LogP contribution in [0.4, 0.5) is 0 Å². The second-order valence-corrected chi connectivity index (χ2v) is 3.31. The molecule has 66 valence electrons. The van der Waals surface area contributed by atoms with Crippen LogP contribution in [0, 0.1) is 0 Å². The van der Waals surface area contributed by atoms with E-state index < -0.39 is 0 Å². The molecule has 0 unspecified atom stereocenters. The van der Waals surface area contributed by atoms with Crippen LogP contribution in [0.15, 0.2) is 22.7 Å². The standard InChI is InChI=1S/C8H10BrNO2/c9-7-2-1-6(3-4-12-10)8(11)5-7/h1-2,5,11H,3-4,10H2. The fraction of sp³-hybridized carbons (Fsp3) is 0.250. The van der Waals surface area contributed by atoms with E-state index in [9.17, 15) is 5.11 Å². The molecular formula is C8H10BrNO2. The maximum absolute atomic E-state index is 9.39. The Kier molecular flexibility index (Phi) is 3.52. The second-order valence-electron chi connectivity index (χ2n) is 2.39. The molecule has 4 heteroatoms. The van der Waals surface area contributed by atoms with E-state index in [2.05, 4.69) is 20.8 Å². The fourth-order valence-corrected chi connectivity index (χ4v) is 1.27. The largest absolute Gasteiger partial charge is 0.508 e. The Balaban J connectivity index is 2.72. The van der Waals surface area contributed by atoms with Crippen molar-refractivity contribution in [1.82, 2.24) is 0 Å². The molecule has 1 aromatic rings. The summed E-state index contributed by atoms with van der Waals surface area (Å²) in [6.45, 7) is 0.412. The summed E-state index contributed by atoms with van der Waals surface area (Å²) in [6, 6.07) is 5.34. The number of hydrogen-bond acceptors (Lipinski definition) is 3. The van der Waals surface area contributed by atoms with Gasteiger partial charge >= 0.3 is 0 Å². The first-order chi connectivity index (χ1) is 5.74. The summed E-state index contributed by atoms with van der Waals surface area (Å²) in [5.41, 5.74) is 0.837. The molecule has 0 aliphatic carbocycles. The van der Waals surface area contributed by atoms with Crippen LogP contribution in [-0.4, -0.2) is 11.7 Å². The lowest BCUT2D eigenvalue weighted by Gasteiger charge is -2.03. The van der Waals surface area contributed by atoms with Crippen LogP contribution in [0.3, 0.4) is 0 Å². The molecule has 0 saturated heterocycles. The zero-order chi connectivity index (χ0) is 8.97. The highest BCUT2D eigenvalue weighted by atomic mass is 79.9. The summed E-state index contributed by atoms with van der Waals surface area (Å²) in [7, 11) is 0. The quantitative estimate of drug-likeness (QED) is 0.778. The van der Waals surface area contributed by atoms with Crippen molar-refractivity contribution in [2.75, 3.05) is 6.61 Å². The van der Waals surface area contributed by atoms with Crippen molar-refractivity contribution in [3.8, 4) is 5.75 Å². The fourth-order valence-electron chi connectivity index (χ4n) is 0.917. The van der Waals surface area contributed by atoms with Crippen LogP contribution >= 0.6 is 15.9 Å². The van der Waals surface area contributed by atoms with Gasteiger partial charge in [0.25, 0.3) is 0 Å². The highest BCUT2D eigenvalue weighted by molar-refractivity contribution is 9.10. The number of aromatic hydroxyl groups is 1. The molecular weight excluding hydrogens is 222 g/mol. The molecule has 0 aliphatic heterocycles. The van der Waals surface area contributed by atoms with Crippen molar-refractivity contribution >= 4 is 15.9 Å². The van der Waals surface area contributed by atoms with Crippen molar-refractivity contribution in [2.24, 2.45) is 5.90 Å². The summed E-state index contributed by atoms with van der Waals surface area (Å²) in [4.78, 5) is 4.41. The molecule has 0 spiro atoms. The van der Waals surface area contributed by atoms with Crippen LogP contribution in [-0.2, 0) is 11.3 Å². The molecule has 3 nitrogen and oxygen atoms in total. The van der Waals surface area contributed by atoms with Gasteiger partial charge in [0.05, 0.1) is 6.61 Å². The third-order valence-electron chi connectivity index (χ3n) is 1.54. The van der Waals surface area contributed by atoms with E-state index in [0.29, 0.717) is 13.0 Å². The van der Waals surface area contributed by atoms with Crippen molar-refractivity contribution in [1.29, 1.82) is 0 Å². The second kappa shape index (κ2) is 4.45. The molecule has 0 fully saturated rings. The van der Waals surface area contributed by atoms with Gasteiger partial charge < -0.3 is 9.94 Å². The molecule has 1 rings (SSSR count). The molecule has 0 aliphatic rings. The topological polar surface area (TPSA) is 55.5 Å². The Labute approximate surface area is 79.2 Å². The number of nitrogens with two attached hydrogens (primary N) is 1. The zero-order valence-corrected chi connectivity index (χ0v) is 8.04. The van der Waals surface area contributed by atoms with Crippen molar-refractivity contribution < 1.29 is 9.94 Å². The summed E-state index contributed by atoms with van der Waals surface area (Å²) >= 11 is 3.25. The van der Waals surface area contributed by atoms with Gasteiger partial charge in [-0.15, -0.1) is 0 Å². The maximum Gasteiger partial charge on any atom is 0.119 e. The van der Waals surface area contributed by atoms with Crippen LogP contribution in [0.5, 0.6) is 5.75 Å². The van der Waals surface area contributed by atoms with E-state index in [4.69, 9.17) is 5.90 Å². The molecule has 0 amide bonds. The first-order valence-corrected chi connectivity index (χ1v) is 4.32. The number of halogens is 1. The van der Waals surface area contributed by atoms with Gasteiger partial charge in [-0.1, -0.05) is 22.0 Å². The summed E-state index contributed by atoms with van der Waals surface area (Å²) in [6.07, 6.45) is 0.621. The Hall–Kier alpha value is -0.580. The third kappa shape index (κ3) is 2.48. The minimum Gasteiger partial charge on any atom is -0.508 e. The van der Waals surface area contributed by atoms with Crippen molar-refractivity contribution in [2.45, 2.75) is 6.42 Å². The van der Waals surface area contributed by atoms with Crippen LogP contribution in [0.1, 0.15) is 5.56 Å². The van der Waals surface area contributed by atoms with Gasteiger partial charge in [0.15, 0.2) is 0 Å². The summed E-state index contributed by atoms with van der Waals surface area (Å²) in [5, 5.41) is 9.39. The van der Waals surface area contributed by atoms with Gasteiger partial charge in [-0.3, -0.25) is 0 Å². The minimum absolute atomic E-state index is 0.265. The monoisotopic (exact) mass is 231 g/mol. The van der Waals surface area contributed by atoms with Gasteiger partial charge in [-0.2, -0.15) is 0 Å². The first-order valence-electron chi connectivity index (χ1n) is 3.53. The van der Waals surface area contributed by atoms with E-state index in [-0.39, 0.29) is 5.75 Å². The highest BCUT2D eigenvalue weighted by Crippen LogP contribution is 2.22. The molecule has 0 atom stereocenters. The number of rotatable bonds is 3. The van der Waals surface area contributed by atoms with Crippen molar-refractivity contribution in [3.05, 3.63) is 28.2 Å². The van der Waals surface area contributed by atoms with Crippen LogP contribution < -0.4 is 5.90 Å². The van der Waals surface area contributed by atoms with E-state index >= 15 is 0 Å². The van der Waals surface area contributed by atoms with Gasteiger partial charge in [0.2, 0.25) is 0 Å². The average Bonchev–Trinajstić information content (AvgIpc) is 2.03.